The van der Waals surface area contributed by atoms with Gasteiger partial charge in [0, 0.05) is 6.21 Å². The van der Waals surface area contributed by atoms with Gasteiger partial charge in [-0.25, -0.2) is 4.39 Å². The normalized spacial score (nSPS) is 12.2. The van der Waals surface area contributed by atoms with Gasteiger partial charge in [0.15, 0.2) is 0 Å². The van der Waals surface area contributed by atoms with Crippen molar-refractivity contribution in [3.05, 3.63) is 71.6 Å². The molecular weight excluding hydrogens is 269 g/mol. The number of hydrogen-bond donors (Lipinski definition) is 2. The summed E-state index contributed by atoms with van der Waals surface area (Å²) in [5.41, 5.74) is 12.6. The molecule has 4 N–H and O–H groups in total. The molecule has 2 aromatic rings. The Morgan fingerprint density at radius 2 is 1.62 bits per heavy atom. The maximum atomic E-state index is 12.9. The summed E-state index contributed by atoms with van der Waals surface area (Å²) in [7, 11) is 0. The van der Waals surface area contributed by atoms with Gasteiger partial charge in [-0.15, -0.1) is 0 Å². The number of rotatable bonds is 4. The molecule has 4 nitrogen and oxygen atoms in total. The second-order valence-electron chi connectivity index (χ2n) is 4.29. The maximum Gasteiger partial charge on any atom is 0.252 e. The van der Waals surface area contributed by atoms with Crippen LogP contribution in [0.5, 0.6) is 0 Å². The van der Waals surface area contributed by atoms with Crippen molar-refractivity contribution in [2.75, 3.05) is 0 Å². The van der Waals surface area contributed by atoms with Crippen LogP contribution in [0.3, 0.4) is 0 Å². The van der Waals surface area contributed by atoms with Gasteiger partial charge in [-0.05, 0) is 42.0 Å². The third-order valence-electron chi connectivity index (χ3n) is 2.81. The molecular formula is C16H14FN3O. The van der Waals surface area contributed by atoms with Crippen molar-refractivity contribution in [1.82, 2.24) is 0 Å². The number of carbonyl (C=O) groups excluding carboxylic acids is 1. The summed E-state index contributed by atoms with van der Waals surface area (Å²) in [4.78, 5) is 15.7. The Bertz CT molecular complexity index is 691. The van der Waals surface area contributed by atoms with Crippen LogP contribution >= 0.6 is 0 Å². The highest BCUT2D eigenvalue weighted by Gasteiger charge is 2.10. The maximum absolute atomic E-state index is 12.9. The second-order valence-corrected chi connectivity index (χ2v) is 4.29. The fraction of sp³-hybridized carbons (Fsp3) is 0. The number of carbonyl (C=O) groups is 1. The number of aliphatic imine (C=N–C) groups is 1. The molecule has 0 atom stereocenters. The van der Waals surface area contributed by atoms with E-state index in [1.807, 2.05) is 18.2 Å². The first-order chi connectivity index (χ1) is 10.1. The number of hydrogen-bond acceptors (Lipinski definition) is 3. The van der Waals surface area contributed by atoms with Gasteiger partial charge >= 0.3 is 0 Å². The number of primary amides is 1. The van der Waals surface area contributed by atoms with Gasteiger partial charge in [-0.2, -0.15) is 0 Å². The molecule has 0 aliphatic rings. The molecule has 2 rings (SSSR count). The molecule has 106 valence electrons. The molecule has 21 heavy (non-hydrogen) atoms. The Morgan fingerprint density at radius 3 is 2.19 bits per heavy atom. The highest BCUT2D eigenvalue weighted by atomic mass is 19.1. The Hall–Kier alpha value is -2.95. The van der Waals surface area contributed by atoms with E-state index in [-0.39, 0.29) is 17.1 Å². The summed E-state index contributed by atoms with van der Waals surface area (Å²) < 4.78 is 12.9. The topological polar surface area (TPSA) is 81.5 Å². The summed E-state index contributed by atoms with van der Waals surface area (Å²) in [6.45, 7) is 0. The molecule has 1 amide bonds. The van der Waals surface area contributed by atoms with Crippen molar-refractivity contribution in [3.8, 4) is 0 Å². The number of para-hydroxylation sites is 1. The number of benzene rings is 2. The Kier molecular flexibility index (Phi) is 4.46. The highest BCUT2D eigenvalue weighted by Crippen LogP contribution is 2.15. The van der Waals surface area contributed by atoms with Crippen molar-refractivity contribution in [2.24, 2.45) is 16.5 Å². The van der Waals surface area contributed by atoms with Crippen LogP contribution in [0, 0.1) is 5.82 Å². The fourth-order valence-corrected chi connectivity index (χ4v) is 1.70. The van der Waals surface area contributed by atoms with Crippen molar-refractivity contribution < 1.29 is 9.18 Å². The minimum atomic E-state index is -0.698. The lowest BCUT2D eigenvalue weighted by atomic mass is 10.1. The van der Waals surface area contributed by atoms with Gasteiger partial charge in [-0.1, -0.05) is 18.2 Å². The summed E-state index contributed by atoms with van der Waals surface area (Å²) >= 11 is 0. The molecule has 0 unspecified atom stereocenters. The molecule has 2 aromatic carbocycles. The zero-order valence-electron chi connectivity index (χ0n) is 11.2. The lowest BCUT2D eigenvalue weighted by Gasteiger charge is -2.05. The second kappa shape index (κ2) is 6.47. The van der Waals surface area contributed by atoms with Gasteiger partial charge in [0.1, 0.15) is 5.82 Å². The predicted octanol–water partition coefficient (Wildman–Crippen LogP) is 2.38. The van der Waals surface area contributed by atoms with Gasteiger partial charge in [0.25, 0.3) is 5.91 Å². The summed E-state index contributed by atoms with van der Waals surface area (Å²) in [5.74, 6) is -1.08. The van der Waals surface area contributed by atoms with E-state index >= 15 is 0 Å². The molecule has 0 heterocycles. The van der Waals surface area contributed by atoms with Crippen LogP contribution in [-0.2, 0) is 4.79 Å². The van der Waals surface area contributed by atoms with Crippen LogP contribution in [0.2, 0.25) is 0 Å². The summed E-state index contributed by atoms with van der Waals surface area (Å²) in [6, 6.07) is 14.5. The SMILES string of the molecule is NC(=O)/C(C=Nc1ccccc1)=C(/N)c1ccc(F)cc1. The molecule has 0 fully saturated rings. The summed E-state index contributed by atoms with van der Waals surface area (Å²) in [5, 5.41) is 0. The molecule has 0 aliphatic carbocycles. The van der Waals surface area contributed by atoms with Crippen molar-refractivity contribution in [1.29, 1.82) is 0 Å². The van der Waals surface area contributed by atoms with Crippen LogP contribution in [-0.4, -0.2) is 12.1 Å². The van der Waals surface area contributed by atoms with Crippen LogP contribution in [0.4, 0.5) is 10.1 Å². The molecule has 0 bridgehead atoms. The smallest absolute Gasteiger partial charge is 0.252 e. The number of halogens is 1. The Balaban J connectivity index is 2.38. The van der Waals surface area contributed by atoms with Crippen LogP contribution in [0.25, 0.3) is 5.70 Å². The van der Waals surface area contributed by atoms with Gasteiger partial charge in [0.2, 0.25) is 0 Å². The quantitative estimate of drug-likeness (QED) is 0.667. The zero-order chi connectivity index (χ0) is 15.2. The fourth-order valence-electron chi connectivity index (χ4n) is 1.70. The first-order valence-corrected chi connectivity index (χ1v) is 6.22. The average Bonchev–Trinajstić information content (AvgIpc) is 2.48. The van der Waals surface area contributed by atoms with Gasteiger partial charge in [-0.3, -0.25) is 9.79 Å². The standard InChI is InChI=1S/C16H14FN3O/c17-12-8-6-11(7-9-12)15(18)14(16(19)21)10-20-13-4-2-1-3-5-13/h1-10H,18H2,(H2,19,21)/b15-14+,20-10?. The van der Waals surface area contributed by atoms with Crippen LogP contribution in [0.15, 0.2) is 65.2 Å². The average molecular weight is 283 g/mol. The van der Waals surface area contributed by atoms with Crippen molar-refractivity contribution in [3.63, 3.8) is 0 Å². The third kappa shape index (κ3) is 3.76. The summed E-state index contributed by atoms with van der Waals surface area (Å²) in [6.07, 6.45) is 1.32. The van der Waals surface area contributed by atoms with Crippen LogP contribution < -0.4 is 11.5 Å². The molecule has 0 saturated heterocycles. The van der Waals surface area contributed by atoms with E-state index in [0.29, 0.717) is 11.3 Å². The lowest BCUT2D eigenvalue weighted by molar-refractivity contribution is -0.114. The lowest BCUT2D eigenvalue weighted by Crippen LogP contribution is -2.19. The van der Waals surface area contributed by atoms with E-state index in [9.17, 15) is 9.18 Å². The van der Waals surface area contributed by atoms with E-state index < -0.39 is 5.91 Å². The minimum Gasteiger partial charge on any atom is -0.398 e. The molecule has 0 aliphatic heterocycles. The monoisotopic (exact) mass is 283 g/mol. The minimum absolute atomic E-state index is 0.0745. The van der Waals surface area contributed by atoms with E-state index in [1.165, 1.54) is 30.5 Å². The first-order valence-electron chi connectivity index (χ1n) is 6.22. The molecule has 0 spiro atoms. The number of nitrogens with zero attached hydrogens (tertiary/aromatic N) is 1. The van der Waals surface area contributed by atoms with Gasteiger partial charge < -0.3 is 11.5 Å². The number of amides is 1. The highest BCUT2D eigenvalue weighted by molar-refractivity contribution is 6.17. The predicted molar refractivity (Wildman–Crippen MR) is 81.3 cm³/mol. The molecule has 0 saturated carbocycles. The molecule has 0 aromatic heterocycles. The van der Waals surface area contributed by atoms with E-state index in [0.717, 1.165) is 0 Å². The van der Waals surface area contributed by atoms with E-state index in [4.69, 9.17) is 11.5 Å². The molecule has 5 heteroatoms. The molecule has 0 radical (unpaired) electrons. The largest absolute Gasteiger partial charge is 0.398 e. The van der Waals surface area contributed by atoms with Crippen molar-refractivity contribution >= 4 is 23.5 Å². The van der Waals surface area contributed by atoms with Gasteiger partial charge in [0.05, 0.1) is 17.0 Å². The van der Waals surface area contributed by atoms with Crippen LogP contribution in [0.1, 0.15) is 5.56 Å². The Labute approximate surface area is 121 Å². The first kappa shape index (κ1) is 14.5. The van der Waals surface area contributed by atoms with E-state index in [1.54, 1.807) is 12.1 Å². The number of nitrogens with two attached hydrogens (primary N) is 2. The van der Waals surface area contributed by atoms with E-state index in [2.05, 4.69) is 4.99 Å². The zero-order valence-corrected chi connectivity index (χ0v) is 11.2. The Morgan fingerprint density at radius 1 is 1.00 bits per heavy atom. The third-order valence-corrected chi connectivity index (χ3v) is 2.81. The van der Waals surface area contributed by atoms with Crippen molar-refractivity contribution in [2.45, 2.75) is 0 Å².